The molecule has 21 heavy (non-hydrogen) atoms. The quantitative estimate of drug-likeness (QED) is 0.629. The summed E-state index contributed by atoms with van der Waals surface area (Å²) in [5.41, 5.74) is 0.933. The molecule has 4 rings (SSSR count). The van der Waals surface area contributed by atoms with Crippen molar-refractivity contribution in [2.75, 3.05) is 0 Å². The molecule has 0 spiro atoms. The molecule has 1 heterocycles. The zero-order valence-corrected chi connectivity index (χ0v) is 12.0. The lowest BCUT2D eigenvalue weighted by molar-refractivity contribution is 0.345. The molecule has 106 valence electrons. The molecule has 3 heteroatoms. The van der Waals surface area contributed by atoms with Gasteiger partial charge in [0.1, 0.15) is 0 Å². The van der Waals surface area contributed by atoms with Crippen molar-refractivity contribution in [3.63, 3.8) is 0 Å². The van der Waals surface area contributed by atoms with Crippen LogP contribution in [-0.4, -0.2) is 9.55 Å². The number of aromatic nitrogens is 2. The van der Waals surface area contributed by atoms with E-state index in [-0.39, 0.29) is 5.56 Å². The fraction of sp³-hybridized carbons (Fsp3) is 0.333. The van der Waals surface area contributed by atoms with Crippen molar-refractivity contribution in [1.29, 1.82) is 0 Å². The van der Waals surface area contributed by atoms with Crippen molar-refractivity contribution >= 4 is 21.7 Å². The summed E-state index contributed by atoms with van der Waals surface area (Å²) < 4.78 is 1.86. The summed E-state index contributed by atoms with van der Waals surface area (Å²) in [4.78, 5) is 17.4. The second kappa shape index (κ2) is 4.99. The average Bonchev–Trinajstić information content (AvgIpc) is 2.56. The van der Waals surface area contributed by atoms with Gasteiger partial charge in [-0.1, -0.05) is 49.6 Å². The summed E-state index contributed by atoms with van der Waals surface area (Å²) in [7, 11) is 0. The molecule has 0 aliphatic heterocycles. The second-order valence-electron chi connectivity index (χ2n) is 5.93. The van der Waals surface area contributed by atoms with Gasteiger partial charge in [-0.05, 0) is 24.3 Å². The molecule has 0 atom stereocenters. The normalized spacial score (nSPS) is 16.6. The van der Waals surface area contributed by atoms with Crippen LogP contribution in [0.1, 0.15) is 38.1 Å². The number of benzene rings is 2. The molecule has 3 aromatic rings. The van der Waals surface area contributed by atoms with Crippen molar-refractivity contribution < 1.29 is 0 Å². The van der Waals surface area contributed by atoms with Gasteiger partial charge >= 0.3 is 0 Å². The Balaban J connectivity index is 1.95. The molecule has 1 fully saturated rings. The standard InChI is InChI=1S/C18H18N2O/c21-18-16-11-10-13-6-4-5-9-15(13)17(16)19-12-20(18)14-7-2-1-3-8-14/h4-6,9-12,14H,1-3,7-8H2. The second-order valence-corrected chi connectivity index (χ2v) is 5.93. The zero-order valence-electron chi connectivity index (χ0n) is 12.0. The Bertz CT molecular complexity index is 860. The molecule has 0 saturated heterocycles. The molecule has 1 aromatic heterocycles. The van der Waals surface area contributed by atoms with Gasteiger partial charge in [0.2, 0.25) is 0 Å². The average molecular weight is 278 g/mol. The van der Waals surface area contributed by atoms with E-state index in [4.69, 9.17) is 0 Å². The Kier molecular flexibility index (Phi) is 2.99. The first-order chi connectivity index (χ1) is 10.3. The molecule has 1 aliphatic rings. The van der Waals surface area contributed by atoms with Crippen LogP contribution in [0.2, 0.25) is 0 Å². The van der Waals surface area contributed by atoms with Gasteiger partial charge in [-0.2, -0.15) is 0 Å². The van der Waals surface area contributed by atoms with Crippen LogP contribution in [0, 0.1) is 0 Å². The lowest BCUT2D eigenvalue weighted by Gasteiger charge is -2.23. The SMILES string of the molecule is O=c1c2ccc3ccccc3c2ncn1C1CCCCC1. The highest BCUT2D eigenvalue weighted by atomic mass is 16.1. The van der Waals surface area contributed by atoms with Gasteiger partial charge in [0.25, 0.3) is 5.56 Å². The third kappa shape index (κ3) is 2.04. The molecule has 0 amide bonds. The predicted octanol–water partition coefficient (Wildman–Crippen LogP) is 4.05. The highest BCUT2D eigenvalue weighted by molar-refractivity contribution is 6.04. The van der Waals surface area contributed by atoms with Gasteiger partial charge < -0.3 is 0 Å². The van der Waals surface area contributed by atoms with E-state index in [1.54, 1.807) is 6.33 Å². The number of rotatable bonds is 1. The highest BCUT2D eigenvalue weighted by Crippen LogP contribution is 2.28. The van der Waals surface area contributed by atoms with E-state index in [9.17, 15) is 4.79 Å². The first-order valence-electron chi connectivity index (χ1n) is 7.73. The first kappa shape index (κ1) is 12.6. The Hall–Kier alpha value is -2.16. The highest BCUT2D eigenvalue weighted by Gasteiger charge is 2.17. The molecule has 3 nitrogen and oxygen atoms in total. The van der Waals surface area contributed by atoms with Crippen molar-refractivity contribution in [2.45, 2.75) is 38.1 Å². The molecular weight excluding hydrogens is 260 g/mol. The Morgan fingerprint density at radius 2 is 1.76 bits per heavy atom. The van der Waals surface area contributed by atoms with Crippen LogP contribution in [0.4, 0.5) is 0 Å². The smallest absolute Gasteiger partial charge is 0.261 e. The first-order valence-corrected chi connectivity index (χ1v) is 7.73. The van der Waals surface area contributed by atoms with Crippen LogP contribution in [0.3, 0.4) is 0 Å². The third-order valence-corrected chi connectivity index (χ3v) is 4.64. The summed E-state index contributed by atoms with van der Waals surface area (Å²) in [6, 6.07) is 12.4. The van der Waals surface area contributed by atoms with Crippen LogP contribution >= 0.6 is 0 Å². The minimum Gasteiger partial charge on any atom is -0.296 e. The van der Waals surface area contributed by atoms with Crippen molar-refractivity contribution in [1.82, 2.24) is 9.55 Å². The minimum atomic E-state index is 0.109. The number of hydrogen-bond acceptors (Lipinski definition) is 2. The summed E-state index contributed by atoms with van der Waals surface area (Å²) in [6.07, 6.45) is 7.67. The van der Waals surface area contributed by atoms with Crippen molar-refractivity contribution in [2.24, 2.45) is 0 Å². The maximum atomic E-state index is 12.8. The molecule has 0 bridgehead atoms. The van der Waals surface area contributed by atoms with Crippen molar-refractivity contribution in [3.8, 4) is 0 Å². The van der Waals surface area contributed by atoms with Gasteiger partial charge in [0, 0.05) is 11.4 Å². The van der Waals surface area contributed by atoms with Crippen LogP contribution in [0.15, 0.2) is 47.5 Å². The fourth-order valence-electron chi connectivity index (χ4n) is 3.50. The molecule has 1 aliphatic carbocycles. The van der Waals surface area contributed by atoms with E-state index in [0.29, 0.717) is 6.04 Å². The zero-order chi connectivity index (χ0) is 14.2. The summed E-state index contributed by atoms with van der Waals surface area (Å²) in [5.74, 6) is 0. The molecule has 1 saturated carbocycles. The van der Waals surface area contributed by atoms with Crippen LogP contribution in [0.25, 0.3) is 21.7 Å². The predicted molar refractivity (Wildman–Crippen MR) is 85.6 cm³/mol. The lowest BCUT2D eigenvalue weighted by Crippen LogP contribution is -2.26. The number of fused-ring (bicyclic) bond motifs is 3. The van der Waals surface area contributed by atoms with E-state index in [1.807, 2.05) is 34.9 Å². The number of hydrogen-bond donors (Lipinski definition) is 0. The fourth-order valence-corrected chi connectivity index (χ4v) is 3.50. The lowest BCUT2D eigenvalue weighted by atomic mass is 9.95. The van der Waals surface area contributed by atoms with Crippen LogP contribution in [0.5, 0.6) is 0 Å². The Labute approximate surface area is 123 Å². The topological polar surface area (TPSA) is 34.9 Å². The number of nitrogens with zero attached hydrogens (tertiary/aromatic N) is 2. The van der Waals surface area contributed by atoms with E-state index < -0.39 is 0 Å². The van der Waals surface area contributed by atoms with Gasteiger partial charge in [-0.3, -0.25) is 9.36 Å². The van der Waals surface area contributed by atoms with Gasteiger partial charge in [-0.15, -0.1) is 0 Å². The largest absolute Gasteiger partial charge is 0.296 e. The monoisotopic (exact) mass is 278 g/mol. The maximum Gasteiger partial charge on any atom is 0.261 e. The van der Waals surface area contributed by atoms with E-state index in [0.717, 1.165) is 34.5 Å². The Morgan fingerprint density at radius 3 is 2.62 bits per heavy atom. The molecule has 0 radical (unpaired) electrons. The summed E-state index contributed by atoms with van der Waals surface area (Å²) >= 11 is 0. The summed E-state index contributed by atoms with van der Waals surface area (Å²) in [6.45, 7) is 0. The maximum absolute atomic E-state index is 12.8. The molecule has 2 aromatic carbocycles. The van der Waals surface area contributed by atoms with Gasteiger partial charge in [-0.25, -0.2) is 4.98 Å². The van der Waals surface area contributed by atoms with Gasteiger partial charge in [0.15, 0.2) is 0 Å². The van der Waals surface area contributed by atoms with Gasteiger partial charge in [0.05, 0.1) is 17.2 Å². The van der Waals surface area contributed by atoms with E-state index >= 15 is 0 Å². The Morgan fingerprint density at radius 1 is 0.952 bits per heavy atom. The van der Waals surface area contributed by atoms with Crippen molar-refractivity contribution in [3.05, 3.63) is 53.1 Å². The van der Waals surface area contributed by atoms with Crippen LogP contribution < -0.4 is 5.56 Å². The third-order valence-electron chi connectivity index (χ3n) is 4.64. The minimum absolute atomic E-state index is 0.109. The van der Waals surface area contributed by atoms with Crippen LogP contribution in [-0.2, 0) is 0 Å². The molecule has 0 N–H and O–H groups in total. The van der Waals surface area contributed by atoms with E-state index in [2.05, 4.69) is 11.1 Å². The summed E-state index contributed by atoms with van der Waals surface area (Å²) in [5, 5.41) is 2.93. The molecular formula is C18H18N2O. The van der Waals surface area contributed by atoms with E-state index in [1.165, 1.54) is 19.3 Å². The molecule has 0 unspecified atom stereocenters.